The van der Waals surface area contributed by atoms with Crippen molar-refractivity contribution in [3.8, 4) is 0 Å². The Morgan fingerprint density at radius 3 is 2.52 bits per heavy atom. The number of fused-ring (bicyclic) bond motifs is 1. The van der Waals surface area contributed by atoms with Crippen molar-refractivity contribution in [2.75, 3.05) is 13.1 Å². The lowest BCUT2D eigenvalue weighted by Gasteiger charge is -2.08. The molecule has 142 valence electrons. The highest BCUT2D eigenvalue weighted by molar-refractivity contribution is 7.89. The summed E-state index contributed by atoms with van der Waals surface area (Å²) in [5, 5.41) is 2.58. The van der Waals surface area contributed by atoms with E-state index < -0.39 is 21.7 Å². The Kier molecular flexibility index (Phi) is 5.43. The summed E-state index contributed by atoms with van der Waals surface area (Å²) in [7, 11) is -3.63. The summed E-state index contributed by atoms with van der Waals surface area (Å²) in [6.07, 6.45) is 0. The molecule has 0 saturated heterocycles. The van der Waals surface area contributed by atoms with E-state index in [2.05, 4.69) is 10.0 Å². The van der Waals surface area contributed by atoms with Gasteiger partial charge in [0.05, 0.1) is 10.4 Å². The van der Waals surface area contributed by atoms with Crippen LogP contribution in [0.25, 0.3) is 11.1 Å². The van der Waals surface area contributed by atoms with Gasteiger partial charge in [-0.15, -0.1) is 0 Å². The van der Waals surface area contributed by atoms with Gasteiger partial charge in [-0.3, -0.25) is 9.36 Å². The van der Waals surface area contributed by atoms with Crippen LogP contribution in [0.2, 0.25) is 0 Å². The van der Waals surface area contributed by atoms with E-state index in [0.29, 0.717) is 11.1 Å². The minimum absolute atomic E-state index is 0.0307. The number of nitrogens with zero attached hydrogens (tertiary/aromatic N) is 1. The highest BCUT2D eigenvalue weighted by Crippen LogP contribution is 2.11. The Balaban J connectivity index is 1.53. The maximum Gasteiger partial charge on any atom is 0.420 e. The Morgan fingerprint density at radius 2 is 1.78 bits per heavy atom. The van der Waals surface area contributed by atoms with Crippen molar-refractivity contribution in [3.63, 3.8) is 0 Å². The number of aromatic nitrogens is 1. The maximum atomic E-state index is 12.2. The number of amides is 1. The Hall–Kier alpha value is -2.91. The normalized spacial score (nSPS) is 11.6. The van der Waals surface area contributed by atoms with Crippen molar-refractivity contribution in [2.45, 2.75) is 18.4 Å². The van der Waals surface area contributed by atoms with Gasteiger partial charge in [0.1, 0.15) is 6.54 Å². The summed E-state index contributed by atoms with van der Waals surface area (Å²) in [5.41, 5.74) is 1.89. The number of oxazole rings is 1. The number of sulfonamides is 1. The number of rotatable bonds is 7. The van der Waals surface area contributed by atoms with Crippen LogP contribution in [0.5, 0.6) is 0 Å². The van der Waals surface area contributed by atoms with Crippen molar-refractivity contribution in [3.05, 3.63) is 64.6 Å². The predicted octanol–water partition coefficient (Wildman–Crippen LogP) is 0.998. The van der Waals surface area contributed by atoms with Gasteiger partial charge in [0.15, 0.2) is 5.58 Å². The molecule has 2 aromatic carbocycles. The van der Waals surface area contributed by atoms with Crippen molar-refractivity contribution in [2.24, 2.45) is 0 Å². The molecule has 2 N–H and O–H groups in total. The molecule has 1 aromatic heterocycles. The van der Waals surface area contributed by atoms with E-state index in [9.17, 15) is 18.0 Å². The van der Waals surface area contributed by atoms with Gasteiger partial charge in [-0.2, -0.15) is 0 Å². The lowest BCUT2D eigenvalue weighted by atomic mass is 10.2. The smallest absolute Gasteiger partial charge is 0.408 e. The van der Waals surface area contributed by atoms with E-state index in [1.165, 1.54) is 16.7 Å². The predicted molar refractivity (Wildman–Crippen MR) is 99.9 cm³/mol. The maximum absolute atomic E-state index is 12.2. The number of aryl methyl sites for hydroxylation is 1. The van der Waals surface area contributed by atoms with E-state index in [1.54, 1.807) is 36.4 Å². The van der Waals surface area contributed by atoms with Crippen LogP contribution in [0.1, 0.15) is 5.56 Å². The highest BCUT2D eigenvalue weighted by Gasteiger charge is 2.14. The van der Waals surface area contributed by atoms with Crippen LogP contribution in [0, 0.1) is 6.92 Å². The number of carbonyl (C=O) groups is 1. The Bertz CT molecular complexity index is 1110. The fraction of sp³-hybridized carbons (Fsp3) is 0.222. The number of hydrogen-bond donors (Lipinski definition) is 2. The molecule has 0 radical (unpaired) electrons. The summed E-state index contributed by atoms with van der Waals surface area (Å²) in [5.74, 6) is -1.04. The molecule has 1 heterocycles. The summed E-state index contributed by atoms with van der Waals surface area (Å²) in [6.45, 7) is 1.78. The zero-order chi connectivity index (χ0) is 19.4. The van der Waals surface area contributed by atoms with Crippen LogP contribution in [-0.2, 0) is 21.4 Å². The molecule has 0 aliphatic heterocycles. The average molecular weight is 389 g/mol. The standard InChI is InChI=1S/C18H19N3O5S/c1-13-6-8-14(9-7-13)27(24,25)20-11-10-19-17(22)12-21-15-4-2-3-5-16(15)26-18(21)23/h2-9,20H,10-12H2,1H3,(H,19,22). The lowest BCUT2D eigenvalue weighted by Crippen LogP contribution is -2.37. The first kappa shape index (κ1) is 18.9. The molecule has 3 rings (SSSR count). The topological polar surface area (TPSA) is 110 Å². The fourth-order valence-electron chi connectivity index (χ4n) is 2.55. The third-order valence-corrected chi connectivity index (χ3v) is 5.42. The van der Waals surface area contributed by atoms with Crippen molar-refractivity contribution >= 4 is 27.0 Å². The highest BCUT2D eigenvalue weighted by atomic mass is 32.2. The summed E-state index contributed by atoms with van der Waals surface area (Å²) in [6, 6.07) is 13.3. The molecule has 0 aliphatic carbocycles. The van der Waals surface area contributed by atoms with Crippen LogP contribution in [0.3, 0.4) is 0 Å². The molecule has 1 amide bonds. The molecule has 8 nitrogen and oxygen atoms in total. The quantitative estimate of drug-likeness (QED) is 0.586. The fourth-order valence-corrected chi connectivity index (χ4v) is 3.58. The SMILES string of the molecule is Cc1ccc(S(=O)(=O)NCCNC(=O)Cn2c(=O)oc3ccccc32)cc1. The van der Waals surface area contributed by atoms with Crippen LogP contribution < -0.4 is 15.8 Å². The second kappa shape index (κ2) is 7.77. The molecule has 0 bridgehead atoms. The zero-order valence-corrected chi connectivity index (χ0v) is 15.5. The molecule has 27 heavy (non-hydrogen) atoms. The lowest BCUT2D eigenvalue weighted by molar-refractivity contribution is -0.121. The van der Waals surface area contributed by atoms with E-state index in [4.69, 9.17) is 4.42 Å². The van der Waals surface area contributed by atoms with Crippen LogP contribution in [0.15, 0.2) is 62.6 Å². The summed E-state index contributed by atoms with van der Waals surface area (Å²) in [4.78, 5) is 24.1. The molecule has 0 atom stereocenters. The van der Waals surface area contributed by atoms with Gasteiger partial charge >= 0.3 is 5.76 Å². The van der Waals surface area contributed by atoms with Gasteiger partial charge < -0.3 is 9.73 Å². The van der Waals surface area contributed by atoms with Gasteiger partial charge in [-0.25, -0.2) is 17.9 Å². The second-order valence-corrected chi connectivity index (χ2v) is 7.75. The van der Waals surface area contributed by atoms with Crippen LogP contribution >= 0.6 is 0 Å². The molecule has 0 aliphatic rings. The minimum atomic E-state index is -3.63. The van der Waals surface area contributed by atoms with Crippen LogP contribution in [-0.4, -0.2) is 32.0 Å². The molecule has 3 aromatic rings. The monoisotopic (exact) mass is 389 g/mol. The van der Waals surface area contributed by atoms with E-state index in [0.717, 1.165) is 5.56 Å². The Morgan fingerprint density at radius 1 is 1.07 bits per heavy atom. The molecule has 0 spiro atoms. The zero-order valence-electron chi connectivity index (χ0n) is 14.6. The first-order valence-corrected chi connectivity index (χ1v) is 9.76. The van der Waals surface area contributed by atoms with E-state index >= 15 is 0 Å². The second-order valence-electron chi connectivity index (χ2n) is 5.98. The first-order chi connectivity index (χ1) is 12.9. The van der Waals surface area contributed by atoms with Crippen molar-refractivity contribution in [1.29, 1.82) is 0 Å². The summed E-state index contributed by atoms with van der Waals surface area (Å²) < 4.78 is 33.0. The van der Waals surface area contributed by atoms with Crippen LogP contribution in [0.4, 0.5) is 0 Å². The largest absolute Gasteiger partial charge is 0.420 e. The molecular weight excluding hydrogens is 370 g/mol. The van der Waals surface area contributed by atoms with Crippen molar-refractivity contribution in [1.82, 2.24) is 14.6 Å². The first-order valence-electron chi connectivity index (χ1n) is 8.28. The molecule has 0 saturated carbocycles. The van der Waals surface area contributed by atoms with Gasteiger partial charge in [0.2, 0.25) is 15.9 Å². The van der Waals surface area contributed by atoms with E-state index in [1.807, 2.05) is 6.92 Å². The molecule has 0 fully saturated rings. The van der Waals surface area contributed by atoms with E-state index in [-0.39, 0.29) is 24.5 Å². The van der Waals surface area contributed by atoms with Crippen molar-refractivity contribution < 1.29 is 17.6 Å². The van der Waals surface area contributed by atoms with Gasteiger partial charge in [0.25, 0.3) is 0 Å². The number of benzene rings is 2. The van der Waals surface area contributed by atoms with Gasteiger partial charge in [-0.1, -0.05) is 29.8 Å². The third-order valence-electron chi connectivity index (χ3n) is 3.95. The molecule has 9 heteroatoms. The van der Waals surface area contributed by atoms with Gasteiger partial charge in [0, 0.05) is 13.1 Å². The average Bonchev–Trinajstić information content (AvgIpc) is 2.95. The number of para-hydroxylation sites is 2. The molecular formula is C18H19N3O5S. The Labute approximate surface area is 155 Å². The number of nitrogens with one attached hydrogen (secondary N) is 2. The third kappa shape index (κ3) is 4.44. The number of hydrogen-bond acceptors (Lipinski definition) is 5. The minimum Gasteiger partial charge on any atom is -0.408 e. The number of carbonyl (C=O) groups excluding carboxylic acids is 1. The summed E-state index contributed by atoms with van der Waals surface area (Å²) >= 11 is 0. The van der Waals surface area contributed by atoms with Gasteiger partial charge in [-0.05, 0) is 31.2 Å². The molecule has 0 unspecified atom stereocenters.